The van der Waals surface area contributed by atoms with Crippen LogP contribution >= 0.6 is 0 Å². The first-order valence-electron chi connectivity index (χ1n) is 9.22. The van der Waals surface area contributed by atoms with Crippen LogP contribution in [0, 0.1) is 0 Å². The molecule has 0 aromatic heterocycles. The third-order valence-electron chi connectivity index (χ3n) is 3.60. The van der Waals surface area contributed by atoms with E-state index in [1.165, 1.54) is 0 Å². The van der Waals surface area contributed by atoms with E-state index in [1.807, 2.05) is 48.5 Å². The van der Waals surface area contributed by atoms with Gasteiger partial charge in [0.25, 0.3) is 0 Å². The maximum atomic E-state index is 5.72. The van der Waals surface area contributed by atoms with Crippen LogP contribution in [0.25, 0.3) is 0 Å². The molecule has 0 heterocycles. The summed E-state index contributed by atoms with van der Waals surface area (Å²) in [6, 6.07) is 14.9. The Balaban J connectivity index is 1.63. The minimum absolute atomic E-state index is 0.0823. The molecule has 0 aliphatic heterocycles. The Morgan fingerprint density at radius 1 is 0.633 bits per heavy atom. The molecule has 158 valence electrons. The van der Waals surface area contributed by atoms with Crippen LogP contribution in [-0.4, -0.2) is 37.6 Å². The summed E-state index contributed by atoms with van der Waals surface area (Å²) >= 11 is 0. The third kappa shape index (κ3) is 9.22. The molecule has 0 bridgehead atoms. The van der Waals surface area contributed by atoms with Gasteiger partial charge in [-0.1, -0.05) is 0 Å². The molecule has 0 spiro atoms. The molecule has 2 aromatic rings. The highest BCUT2D eigenvalue weighted by Crippen LogP contribution is 2.13. The highest BCUT2D eigenvalue weighted by atomic mass is 16.5. The smallest absolute Gasteiger partial charge is 0.211 e. The minimum Gasteiger partial charge on any atom is -0.494 e. The standard InChI is InChI=1S/C20H26N8O2/c21-19(22)27-25-13-15-3-7-17(8-4-15)29-11-1-2-12-30-18-9-5-16(6-10-18)14-26-28-20(23)24/h3-10,13-14H,1-2,11-12H2,(H4,21,22,27)(H4,23,24,28)/b25-13+,26-14+. The largest absolute Gasteiger partial charge is 0.494 e. The second-order valence-corrected chi connectivity index (χ2v) is 6.08. The zero-order valence-corrected chi connectivity index (χ0v) is 16.5. The molecule has 8 N–H and O–H groups in total. The number of benzene rings is 2. The van der Waals surface area contributed by atoms with Gasteiger partial charge in [0.15, 0.2) is 0 Å². The summed E-state index contributed by atoms with van der Waals surface area (Å²) in [7, 11) is 0. The summed E-state index contributed by atoms with van der Waals surface area (Å²) in [6.07, 6.45) is 4.86. The molecule has 0 atom stereocenters. The van der Waals surface area contributed by atoms with Gasteiger partial charge < -0.3 is 32.4 Å². The quantitative estimate of drug-likeness (QED) is 0.187. The van der Waals surface area contributed by atoms with Crippen molar-refractivity contribution in [2.75, 3.05) is 13.2 Å². The summed E-state index contributed by atoms with van der Waals surface area (Å²) in [5.74, 6) is 1.41. The van der Waals surface area contributed by atoms with Crippen molar-refractivity contribution < 1.29 is 9.47 Å². The first kappa shape index (κ1) is 22.2. The molecule has 0 fully saturated rings. The lowest BCUT2D eigenvalue weighted by molar-refractivity contribution is 0.266. The molecule has 0 saturated carbocycles. The Morgan fingerprint density at radius 3 is 1.33 bits per heavy atom. The van der Waals surface area contributed by atoms with E-state index >= 15 is 0 Å². The normalized spacial score (nSPS) is 10.8. The molecule has 0 aliphatic rings. The summed E-state index contributed by atoms with van der Waals surface area (Å²) in [5.41, 5.74) is 22.6. The molecule has 0 aliphatic carbocycles. The van der Waals surface area contributed by atoms with Gasteiger partial charge >= 0.3 is 0 Å². The first-order valence-corrected chi connectivity index (χ1v) is 9.22. The van der Waals surface area contributed by atoms with Crippen molar-refractivity contribution in [2.45, 2.75) is 12.8 Å². The van der Waals surface area contributed by atoms with Crippen LogP contribution in [0.2, 0.25) is 0 Å². The van der Waals surface area contributed by atoms with Crippen LogP contribution in [-0.2, 0) is 0 Å². The van der Waals surface area contributed by atoms with Crippen molar-refractivity contribution in [2.24, 2.45) is 43.3 Å². The number of nitrogens with two attached hydrogens (primary N) is 4. The van der Waals surface area contributed by atoms with Crippen LogP contribution in [0.5, 0.6) is 11.5 Å². The van der Waals surface area contributed by atoms with Crippen LogP contribution in [0.3, 0.4) is 0 Å². The Labute approximate surface area is 175 Å². The monoisotopic (exact) mass is 410 g/mol. The van der Waals surface area contributed by atoms with Gasteiger partial charge in [-0.3, -0.25) is 0 Å². The van der Waals surface area contributed by atoms with E-state index in [1.54, 1.807) is 12.4 Å². The van der Waals surface area contributed by atoms with E-state index in [4.69, 9.17) is 32.4 Å². The molecule has 0 amide bonds. The fraction of sp³-hybridized carbons (Fsp3) is 0.200. The van der Waals surface area contributed by atoms with E-state index in [-0.39, 0.29) is 11.9 Å². The predicted molar refractivity (Wildman–Crippen MR) is 120 cm³/mol. The number of nitrogens with zero attached hydrogens (tertiary/aromatic N) is 4. The fourth-order valence-corrected chi connectivity index (χ4v) is 2.21. The van der Waals surface area contributed by atoms with Crippen molar-refractivity contribution in [3.05, 3.63) is 59.7 Å². The number of unbranched alkanes of at least 4 members (excludes halogenated alkanes) is 1. The number of hydrogen-bond donors (Lipinski definition) is 4. The zero-order chi connectivity index (χ0) is 21.6. The first-order chi connectivity index (χ1) is 14.5. The van der Waals surface area contributed by atoms with Gasteiger partial charge in [0, 0.05) is 0 Å². The molecule has 10 heteroatoms. The van der Waals surface area contributed by atoms with Gasteiger partial charge in [0.05, 0.1) is 25.6 Å². The van der Waals surface area contributed by atoms with E-state index in [2.05, 4.69) is 20.4 Å². The SMILES string of the molecule is NC(N)=N/N=C/c1ccc(OCCCCOc2ccc(/C=N/N=C(N)N)cc2)cc1. The second-order valence-electron chi connectivity index (χ2n) is 6.08. The van der Waals surface area contributed by atoms with Crippen molar-refractivity contribution in [3.8, 4) is 11.5 Å². The fourth-order valence-electron chi connectivity index (χ4n) is 2.21. The zero-order valence-electron chi connectivity index (χ0n) is 16.5. The van der Waals surface area contributed by atoms with Crippen molar-refractivity contribution in [1.82, 2.24) is 0 Å². The molecule has 30 heavy (non-hydrogen) atoms. The van der Waals surface area contributed by atoms with Crippen molar-refractivity contribution >= 4 is 24.3 Å². The molecular formula is C20H26N8O2. The number of hydrogen-bond acceptors (Lipinski definition) is 6. The lowest BCUT2D eigenvalue weighted by Crippen LogP contribution is -2.21. The topological polar surface area (TPSA) is 172 Å². The molecular weight excluding hydrogens is 384 g/mol. The van der Waals surface area contributed by atoms with E-state index < -0.39 is 0 Å². The van der Waals surface area contributed by atoms with Crippen LogP contribution in [0.4, 0.5) is 0 Å². The molecule has 0 saturated heterocycles. The van der Waals surface area contributed by atoms with E-state index in [0.717, 1.165) is 35.5 Å². The Morgan fingerprint density at radius 2 is 1.00 bits per heavy atom. The lowest BCUT2D eigenvalue weighted by Gasteiger charge is -2.08. The Hall–Kier alpha value is -4.08. The molecule has 0 radical (unpaired) electrons. The summed E-state index contributed by atoms with van der Waals surface area (Å²) in [6.45, 7) is 1.20. The Kier molecular flexibility index (Phi) is 9.18. The number of ether oxygens (including phenoxy) is 2. The maximum absolute atomic E-state index is 5.72. The molecule has 0 unspecified atom stereocenters. The summed E-state index contributed by atoms with van der Waals surface area (Å²) < 4.78 is 11.4. The maximum Gasteiger partial charge on any atom is 0.211 e. The van der Waals surface area contributed by atoms with Crippen LogP contribution < -0.4 is 32.4 Å². The van der Waals surface area contributed by atoms with Gasteiger partial charge in [0.1, 0.15) is 11.5 Å². The van der Waals surface area contributed by atoms with Crippen LogP contribution in [0.1, 0.15) is 24.0 Å². The van der Waals surface area contributed by atoms with Gasteiger partial charge in [-0.25, -0.2) is 0 Å². The Bertz CT molecular complexity index is 807. The predicted octanol–water partition coefficient (Wildman–Crippen LogP) is 1.14. The van der Waals surface area contributed by atoms with Gasteiger partial charge in [-0.05, 0) is 72.5 Å². The molecule has 2 rings (SSSR count). The van der Waals surface area contributed by atoms with Gasteiger partial charge in [0.2, 0.25) is 11.9 Å². The van der Waals surface area contributed by atoms with Crippen LogP contribution in [0.15, 0.2) is 68.9 Å². The van der Waals surface area contributed by atoms with E-state index in [0.29, 0.717) is 13.2 Å². The van der Waals surface area contributed by atoms with Gasteiger partial charge in [-0.15, -0.1) is 10.2 Å². The highest BCUT2D eigenvalue weighted by molar-refractivity contribution is 5.82. The van der Waals surface area contributed by atoms with Gasteiger partial charge in [-0.2, -0.15) is 10.2 Å². The highest BCUT2D eigenvalue weighted by Gasteiger charge is 1.97. The number of rotatable bonds is 11. The number of guanidine groups is 2. The lowest BCUT2D eigenvalue weighted by atomic mass is 10.2. The molecule has 2 aromatic carbocycles. The summed E-state index contributed by atoms with van der Waals surface area (Å²) in [5, 5.41) is 14.6. The van der Waals surface area contributed by atoms with Crippen molar-refractivity contribution in [1.29, 1.82) is 0 Å². The second kappa shape index (κ2) is 12.4. The van der Waals surface area contributed by atoms with Crippen molar-refractivity contribution in [3.63, 3.8) is 0 Å². The third-order valence-corrected chi connectivity index (χ3v) is 3.60. The minimum atomic E-state index is -0.0823. The molecule has 10 nitrogen and oxygen atoms in total. The van der Waals surface area contributed by atoms with E-state index in [9.17, 15) is 0 Å². The average Bonchev–Trinajstić information content (AvgIpc) is 2.72. The average molecular weight is 410 g/mol. The summed E-state index contributed by atoms with van der Waals surface area (Å²) in [4.78, 5) is 0.